The second-order valence-corrected chi connectivity index (χ2v) is 7.78. The summed E-state index contributed by atoms with van der Waals surface area (Å²) < 4.78 is 41.2. The number of alkyl halides is 3. The Kier molecular flexibility index (Phi) is 7.09. The van der Waals surface area contributed by atoms with Crippen LogP contribution in [0.5, 0.6) is 0 Å². The van der Waals surface area contributed by atoms with Crippen LogP contribution in [-0.2, 0) is 20.3 Å². The Labute approximate surface area is 178 Å². The number of hydrogen-bond acceptors (Lipinski definition) is 5. The molecule has 0 atom stereocenters. The highest BCUT2D eigenvalue weighted by Gasteiger charge is 2.31. The van der Waals surface area contributed by atoms with E-state index in [4.69, 9.17) is 0 Å². The fourth-order valence-corrected chi connectivity index (χ4v) is 3.69. The molecular formula is C21H28F3N5O2. The van der Waals surface area contributed by atoms with Crippen molar-refractivity contribution in [1.82, 2.24) is 14.0 Å². The summed E-state index contributed by atoms with van der Waals surface area (Å²) in [7, 11) is 3.06. The van der Waals surface area contributed by atoms with E-state index in [9.17, 15) is 22.8 Å². The average Bonchev–Trinajstić information content (AvgIpc) is 2.75. The van der Waals surface area contributed by atoms with Gasteiger partial charge in [-0.1, -0.05) is 6.07 Å². The third-order valence-corrected chi connectivity index (χ3v) is 5.64. The van der Waals surface area contributed by atoms with E-state index in [1.807, 2.05) is 4.90 Å². The van der Waals surface area contributed by atoms with Gasteiger partial charge in [0.2, 0.25) is 0 Å². The summed E-state index contributed by atoms with van der Waals surface area (Å²) in [4.78, 5) is 28.0. The first-order chi connectivity index (χ1) is 14.7. The lowest BCUT2D eigenvalue weighted by atomic mass is 10.1. The molecule has 0 spiro atoms. The largest absolute Gasteiger partial charge is 0.416 e. The molecule has 0 amide bonds. The number of nitrogens with one attached hydrogen (secondary N) is 1. The van der Waals surface area contributed by atoms with Crippen LogP contribution in [0.15, 0.2) is 39.9 Å². The molecule has 7 nitrogen and oxygen atoms in total. The molecule has 1 aromatic heterocycles. The summed E-state index contributed by atoms with van der Waals surface area (Å²) >= 11 is 0. The monoisotopic (exact) mass is 439 g/mol. The van der Waals surface area contributed by atoms with Gasteiger partial charge in [0.1, 0.15) is 5.82 Å². The van der Waals surface area contributed by atoms with Crippen molar-refractivity contribution in [1.29, 1.82) is 0 Å². The summed E-state index contributed by atoms with van der Waals surface area (Å²) in [5.74, 6) is 0.503. The van der Waals surface area contributed by atoms with Gasteiger partial charge in [-0.05, 0) is 37.6 Å². The van der Waals surface area contributed by atoms with E-state index in [2.05, 4.69) is 10.2 Å². The van der Waals surface area contributed by atoms with Gasteiger partial charge in [0.15, 0.2) is 0 Å². The molecule has 0 saturated carbocycles. The Morgan fingerprint density at radius 2 is 1.68 bits per heavy atom. The van der Waals surface area contributed by atoms with Crippen LogP contribution in [-0.4, -0.2) is 53.3 Å². The fraction of sp³-hybridized carbons (Fsp3) is 0.524. The zero-order valence-corrected chi connectivity index (χ0v) is 17.8. The Hall–Kier alpha value is -2.75. The first-order valence-electron chi connectivity index (χ1n) is 10.3. The number of halogens is 3. The summed E-state index contributed by atoms with van der Waals surface area (Å²) in [5, 5.41) is 3.14. The first-order valence-corrected chi connectivity index (χ1v) is 10.3. The van der Waals surface area contributed by atoms with Gasteiger partial charge in [-0.25, -0.2) is 4.79 Å². The third-order valence-electron chi connectivity index (χ3n) is 5.64. The van der Waals surface area contributed by atoms with Crippen molar-refractivity contribution >= 4 is 11.5 Å². The van der Waals surface area contributed by atoms with Crippen LogP contribution in [0.2, 0.25) is 0 Å². The predicted octanol–water partition coefficient (Wildman–Crippen LogP) is 2.12. The normalized spacial score (nSPS) is 15.3. The van der Waals surface area contributed by atoms with Crippen LogP contribution in [0, 0.1) is 0 Å². The van der Waals surface area contributed by atoms with Crippen molar-refractivity contribution in [3.8, 4) is 0 Å². The van der Waals surface area contributed by atoms with E-state index in [-0.39, 0.29) is 11.2 Å². The molecule has 0 unspecified atom stereocenters. The lowest BCUT2D eigenvalue weighted by Crippen LogP contribution is -2.46. The lowest BCUT2D eigenvalue weighted by molar-refractivity contribution is -0.137. The van der Waals surface area contributed by atoms with Gasteiger partial charge in [-0.2, -0.15) is 13.2 Å². The summed E-state index contributed by atoms with van der Waals surface area (Å²) in [6.45, 7) is 4.52. The van der Waals surface area contributed by atoms with Gasteiger partial charge >= 0.3 is 11.9 Å². The zero-order chi connectivity index (χ0) is 22.6. The zero-order valence-electron chi connectivity index (χ0n) is 17.8. The molecule has 1 aliphatic rings. The van der Waals surface area contributed by atoms with E-state index in [1.54, 1.807) is 13.1 Å². The first kappa shape index (κ1) is 22.9. The average molecular weight is 439 g/mol. The third kappa shape index (κ3) is 5.69. The van der Waals surface area contributed by atoms with Gasteiger partial charge in [-0.15, -0.1) is 0 Å². The maximum Gasteiger partial charge on any atom is 0.416 e. The van der Waals surface area contributed by atoms with Crippen LogP contribution in [0.1, 0.15) is 18.4 Å². The van der Waals surface area contributed by atoms with Crippen LogP contribution < -0.4 is 21.5 Å². The van der Waals surface area contributed by atoms with Gasteiger partial charge in [0, 0.05) is 58.6 Å². The standard InChI is InChI=1S/C21H28F3N5O2/c1-26-18(15-19(30)27(2)20(26)31)25-8-3-4-9-28-10-12-29(13-11-28)17-7-5-6-16(14-17)21(22,23)24/h5-7,14-15,25H,3-4,8-13H2,1-2H3. The molecule has 1 N–H and O–H groups in total. The number of aromatic nitrogens is 2. The quantitative estimate of drug-likeness (QED) is 0.670. The van der Waals surface area contributed by atoms with Crippen molar-refractivity contribution < 1.29 is 13.2 Å². The smallest absolute Gasteiger partial charge is 0.371 e. The molecule has 10 heteroatoms. The minimum Gasteiger partial charge on any atom is -0.371 e. The minimum atomic E-state index is -4.33. The second kappa shape index (κ2) is 9.59. The van der Waals surface area contributed by atoms with Crippen molar-refractivity contribution in [2.24, 2.45) is 14.1 Å². The predicted molar refractivity (Wildman–Crippen MR) is 115 cm³/mol. The number of rotatable bonds is 7. The molecule has 31 heavy (non-hydrogen) atoms. The molecule has 0 radical (unpaired) electrons. The molecular weight excluding hydrogens is 411 g/mol. The summed E-state index contributed by atoms with van der Waals surface area (Å²) in [6.07, 6.45) is -2.52. The number of benzene rings is 1. The Morgan fingerprint density at radius 3 is 2.35 bits per heavy atom. The number of piperazine rings is 1. The molecule has 1 aromatic carbocycles. The van der Waals surface area contributed by atoms with Gasteiger partial charge in [0.25, 0.3) is 5.56 Å². The maximum absolute atomic E-state index is 12.9. The van der Waals surface area contributed by atoms with Crippen molar-refractivity contribution in [3.05, 3.63) is 56.7 Å². The number of anilines is 2. The Balaban J connectivity index is 1.41. The molecule has 170 valence electrons. The molecule has 1 aliphatic heterocycles. The molecule has 2 aromatic rings. The van der Waals surface area contributed by atoms with Gasteiger partial charge < -0.3 is 10.2 Å². The summed E-state index contributed by atoms with van der Waals surface area (Å²) in [5.41, 5.74) is -0.718. The second-order valence-electron chi connectivity index (χ2n) is 7.78. The van der Waals surface area contributed by atoms with Crippen molar-refractivity contribution in [2.75, 3.05) is 49.5 Å². The highest BCUT2D eigenvalue weighted by Crippen LogP contribution is 2.31. The Bertz CT molecular complexity index is 1010. The van der Waals surface area contributed by atoms with Crippen LogP contribution >= 0.6 is 0 Å². The SMILES string of the molecule is Cn1c(NCCCCN2CCN(c3cccc(C(F)(F)F)c3)CC2)cc(=O)n(C)c1=O. The number of nitrogens with zero attached hydrogens (tertiary/aromatic N) is 4. The number of unbranched alkanes of at least 4 members (excludes halogenated alkanes) is 1. The van der Waals surface area contributed by atoms with E-state index in [1.165, 1.54) is 29.8 Å². The van der Waals surface area contributed by atoms with Crippen molar-refractivity contribution in [3.63, 3.8) is 0 Å². The van der Waals surface area contributed by atoms with Crippen molar-refractivity contribution in [2.45, 2.75) is 19.0 Å². The lowest BCUT2D eigenvalue weighted by Gasteiger charge is -2.36. The van der Waals surface area contributed by atoms with Gasteiger partial charge in [0.05, 0.1) is 5.56 Å². The molecule has 0 aliphatic carbocycles. The van der Waals surface area contributed by atoms with E-state index in [0.29, 0.717) is 31.1 Å². The molecule has 3 rings (SSSR count). The summed E-state index contributed by atoms with van der Waals surface area (Å²) in [6, 6.07) is 6.90. The highest BCUT2D eigenvalue weighted by atomic mass is 19.4. The topological polar surface area (TPSA) is 62.5 Å². The Morgan fingerprint density at radius 1 is 0.968 bits per heavy atom. The van der Waals surface area contributed by atoms with E-state index >= 15 is 0 Å². The van der Waals surface area contributed by atoms with Crippen LogP contribution in [0.3, 0.4) is 0 Å². The molecule has 2 heterocycles. The highest BCUT2D eigenvalue weighted by molar-refractivity contribution is 5.49. The number of hydrogen-bond donors (Lipinski definition) is 1. The fourth-order valence-electron chi connectivity index (χ4n) is 3.69. The maximum atomic E-state index is 12.9. The molecule has 1 fully saturated rings. The van der Waals surface area contributed by atoms with Gasteiger partial charge in [-0.3, -0.25) is 18.8 Å². The minimum absolute atomic E-state index is 0.343. The van der Waals surface area contributed by atoms with E-state index < -0.39 is 11.7 Å². The molecule has 1 saturated heterocycles. The van der Waals surface area contributed by atoms with Crippen LogP contribution in [0.25, 0.3) is 0 Å². The van der Waals surface area contributed by atoms with Crippen LogP contribution in [0.4, 0.5) is 24.7 Å². The molecule has 0 bridgehead atoms. The van der Waals surface area contributed by atoms with E-state index in [0.717, 1.165) is 43.1 Å².